The molecule has 24 heavy (non-hydrogen) atoms. The fourth-order valence-corrected chi connectivity index (χ4v) is 4.61. The van der Waals surface area contributed by atoms with Crippen LogP contribution in [-0.2, 0) is 11.3 Å². The zero-order chi connectivity index (χ0) is 16.7. The quantitative estimate of drug-likeness (QED) is 0.805. The van der Waals surface area contributed by atoms with E-state index >= 15 is 0 Å². The number of amides is 1. The second kappa shape index (κ2) is 6.06. The van der Waals surface area contributed by atoms with Gasteiger partial charge in [0.05, 0.1) is 12.6 Å². The third-order valence-electron chi connectivity index (χ3n) is 5.64. The highest BCUT2D eigenvalue weighted by atomic mass is 16.2. The lowest BCUT2D eigenvalue weighted by molar-refractivity contribution is -0.133. The summed E-state index contributed by atoms with van der Waals surface area (Å²) >= 11 is 0. The Kier molecular flexibility index (Phi) is 3.89. The van der Waals surface area contributed by atoms with Gasteiger partial charge in [-0.3, -0.25) is 14.5 Å². The third kappa shape index (κ3) is 2.63. The maximum atomic E-state index is 12.6. The largest absolute Gasteiger partial charge is 0.326 e. The summed E-state index contributed by atoms with van der Waals surface area (Å²) in [6.45, 7) is 3.52. The first-order chi connectivity index (χ1) is 11.7. The van der Waals surface area contributed by atoms with Gasteiger partial charge in [0.2, 0.25) is 5.91 Å². The van der Waals surface area contributed by atoms with Gasteiger partial charge >= 0.3 is 0 Å². The van der Waals surface area contributed by atoms with E-state index in [1.54, 1.807) is 11.0 Å². The Balaban J connectivity index is 1.48. The van der Waals surface area contributed by atoms with Crippen molar-refractivity contribution < 1.29 is 4.79 Å². The summed E-state index contributed by atoms with van der Waals surface area (Å²) < 4.78 is 1.91. The van der Waals surface area contributed by atoms with Gasteiger partial charge in [0.1, 0.15) is 6.04 Å². The summed E-state index contributed by atoms with van der Waals surface area (Å²) in [5.74, 6) is 0.823. The number of nitriles is 1. The number of aromatic nitrogens is 1. The normalized spacial score (nSPS) is 29.1. The monoisotopic (exact) mass is 326 g/mol. The van der Waals surface area contributed by atoms with Crippen LogP contribution in [0.25, 0.3) is 0 Å². The highest BCUT2D eigenvalue weighted by Crippen LogP contribution is 2.34. The third-order valence-corrected chi connectivity index (χ3v) is 5.64. The summed E-state index contributed by atoms with van der Waals surface area (Å²) in [4.78, 5) is 28.6. The molecule has 1 amide bonds. The predicted octanol–water partition coefficient (Wildman–Crippen LogP) is 0.782. The number of likely N-dealkylation sites (tertiary alicyclic amines) is 2. The van der Waals surface area contributed by atoms with Crippen LogP contribution in [0.5, 0.6) is 0 Å². The molecule has 2 bridgehead atoms. The summed E-state index contributed by atoms with van der Waals surface area (Å²) in [6, 6.07) is 7.49. The fourth-order valence-electron chi connectivity index (χ4n) is 4.61. The highest BCUT2D eigenvalue weighted by Gasteiger charge is 2.36. The van der Waals surface area contributed by atoms with E-state index in [2.05, 4.69) is 11.0 Å². The molecule has 3 atom stereocenters. The number of nitrogens with zero attached hydrogens (tertiary/aromatic N) is 4. The summed E-state index contributed by atoms with van der Waals surface area (Å²) in [5, 5.41) is 9.17. The molecule has 6 heteroatoms. The van der Waals surface area contributed by atoms with Crippen molar-refractivity contribution in [1.82, 2.24) is 14.4 Å². The molecule has 3 aliphatic heterocycles. The number of hydrogen-bond donors (Lipinski definition) is 0. The molecule has 1 aromatic heterocycles. The van der Waals surface area contributed by atoms with E-state index in [0.717, 1.165) is 44.6 Å². The summed E-state index contributed by atoms with van der Waals surface area (Å²) in [7, 11) is 0. The lowest BCUT2D eigenvalue weighted by Crippen LogP contribution is -2.50. The number of hydrogen-bond acceptors (Lipinski definition) is 4. The number of carbonyl (C=O) groups is 1. The number of rotatable bonds is 2. The van der Waals surface area contributed by atoms with Gasteiger partial charge in [0.25, 0.3) is 5.56 Å². The van der Waals surface area contributed by atoms with Gasteiger partial charge in [-0.1, -0.05) is 6.07 Å². The van der Waals surface area contributed by atoms with Crippen molar-refractivity contribution in [3.8, 4) is 6.07 Å². The molecule has 0 aliphatic carbocycles. The second-order valence-corrected chi connectivity index (χ2v) is 7.27. The van der Waals surface area contributed by atoms with Crippen molar-refractivity contribution in [2.24, 2.45) is 5.92 Å². The molecule has 0 unspecified atom stereocenters. The first-order valence-corrected chi connectivity index (χ1v) is 8.77. The van der Waals surface area contributed by atoms with E-state index in [4.69, 9.17) is 5.26 Å². The van der Waals surface area contributed by atoms with Gasteiger partial charge in [-0.2, -0.15) is 5.26 Å². The first-order valence-electron chi connectivity index (χ1n) is 8.77. The topological polar surface area (TPSA) is 69.3 Å². The molecule has 2 saturated heterocycles. The van der Waals surface area contributed by atoms with Crippen molar-refractivity contribution in [3.05, 3.63) is 34.2 Å². The maximum absolute atomic E-state index is 12.6. The molecule has 0 saturated carbocycles. The molecule has 6 nitrogen and oxygen atoms in total. The van der Waals surface area contributed by atoms with E-state index in [1.807, 2.05) is 16.7 Å². The molecule has 126 valence electrons. The van der Waals surface area contributed by atoms with Crippen molar-refractivity contribution >= 4 is 5.91 Å². The van der Waals surface area contributed by atoms with E-state index < -0.39 is 0 Å². The van der Waals surface area contributed by atoms with Crippen LogP contribution in [0.4, 0.5) is 0 Å². The van der Waals surface area contributed by atoms with Crippen LogP contribution in [0.1, 0.15) is 30.9 Å². The number of fused-ring (bicyclic) bond motifs is 4. The van der Waals surface area contributed by atoms with Gasteiger partial charge in [0, 0.05) is 43.9 Å². The standard InChI is InChI=1S/C18H22N4O2/c19-8-15-3-2-6-21(15)18(24)12-20-9-13-7-14(11-20)16-4-1-5-17(23)22(16)10-13/h1,4-5,13-15H,2-3,6-7,9-12H2/t13-,14-,15+/m1/s1. The van der Waals surface area contributed by atoms with Gasteiger partial charge in [-0.25, -0.2) is 0 Å². The van der Waals surface area contributed by atoms with Crippen molar-refractivity contribution in [2.45, 2.75) is 37.8 Å². The molecule has 1 aromatic rings. The van der Waals surface area contributed by atoms with Crippen LogP contribution in [0.2, 0.25) is 0 Å². The minimum atomic E-state index is -0.249. The lowest BCUT2D eigenvalue weighted by Gasteiger charge is -2.42. The van der Waals surface area contributed by atoms with Crippen LogP contribution in [-0.4, -0.2) is 52.5 Å². The fraction of sp³-hybridized carbons (Fsp3) is 0.611. The molecule has 0 aromatic carbocycles. The van der Waals surface area contributed by atoms with Crippen LogP contribution < -0.4 is 5.56 Å². The smallest absolute Gasteiger partial charge is 0.250 e. The van der Waals surface area contributed by atoms with Crippen LogP contribution >= 0.6 is 0 Å². The molecular weight excluding hydrogens is 304 g/mol. The molecule has 0 N–H and O–H groups in total. The Morgan fingerprint density at radius 1 is 1.29 bits per heavy atom. The Morgan fingerprint density at radius 2 is 2.17 bits per heavy atom. The minimum Gasteiger partial charge on any atom is -0.326 e. The molecule has 0 spiro atoms. The summed E-state index contributed by atoms with van der Waals surface area (Å²) in [5.41, 5.74) is 1.19. The minimum absolute atomic E-state index is 0.0736. The van der Waals surface area contributed by atoms with Crippen molar-refractivity contribution in [3.63, 3.8) is 0 Å². The molecule has 2 fully saturated rings. The Labute approximate surface area is 141 Å². The zero-order valence-corrected chi connectivity index (χ0v) is 13.7. The maximum Gasteiger partial charge on any atom is 0.250 e. The molecule has 4 heterocycles. The van der Waals surface area contributed by atoms with Gasteiger partial charge in [-0.05, 0) is 31.2 Å². The first kappa shape index (κ1) is 15.4. The van der Waals surface area contributed by atoms with E-state index in [-0.39, 0.29) is 17.5 Å². The average molecular weight is 326 g/mol. The van der Waals surface area contributed by atoms with E-state index in [9.17, 15) is 9.59 Å². The summed E-state index contributed by atoms with van der Waals surface area (Å²) in [6.07, 6.45) is 2.81. The van der Waals surface area contributed by atoms with E-state index in [0.29, 0.717) is 24.9 Å². The van der Waals surface area contributed by atoms with Crippen LogP contribution in [0.15, 0.2) is 23.0 Å². The molecule has 4 rings (SSSR count). The Hall–Kier alpha value is -2.13. The van der Waals surface area contributed by atoms with Crippen LogP contribution in [0.3, 0.4) is 0 Å². The molecule has 3 aliphatic rings. The molecular formula is C18H22N4O2. The van der Waals surface area contributed by atoms with E-state index in [1.165, 1.54) is 0 Å². The average Bonchev–Trinajstić information content (AvgIpc) is 3.04. The van der Waals surface area contributed by atoms with Crippen molar-refractivity contribution in [2.75, 3.05) is 26.2 Å². The number of piperidine rings is 1. The van der Waals surface area contributed by atoms with Crippen LogP contribution in [0, 0.1) is 17.2 Å². The van der Waals surface area contributed by atoms with Gasteiger partial charge < -0.3 is 9.47 Å². The highest BCUT2D eigenvalue weighted by molar-refractivity contribution is 5.79. The number of pyridine rings is 1. The Bertz CT molecular complexity index is 750. The van der Waals surface area contributed by atoms with Crippen molar-refractivity contribution in [1.29, 1.82) is 5.26 Å². The van der Waals surface area contributed by atoms with Gasteiger partial charge in [-0.15, -0.1) is 0 Å². The van der Waals surface area contributed by atoms with Gasteiger partial charge in [0.15, 0.2) is 0 Å². The number of carbonyl (C=O) groups excluding carboxylic acids is 1. The second-order valence-electron chi connectivity index (χ2n) is 7.27. The lowest BCUT2D eigenvalue weighted by atomic mass is 9.83. The zero-order valence-electron chi connectivity index (χ0n) is 13.7. The molecule has 0 radical (unpaired) electrons. The SMILES string of the molecule is N#C[C@@H]1CCCN1C(=O)CN1C[C@H]2C[C@H](C1)c1cccc(=O)n1C2. The Morgan fingerprint density at radius 3 is 3.00 bits per heavy atom. The predicted molar refractivity (Wildman–Crippen MR) is 88.3 cm³/mol.